The predicted octanol–water partition coefficient (Wildman–Crippen LogP) is 3.14. The van der Waals surface area contributed by atoms with Crippen LogP contribution in [0.5, 0.6) is 0 Å². The first-order valence-corrected chi connectivity index (χ1v) is 7.91. The van der Waals surface area contributed by atoms with Gasteiger partial charge in [-0.15, -0.1) is 0 Å². The molecule has 0 amide bonds. The predicted molar refractivity (Wildman–Crippen MR) is 74.4 cm³/mol. The van der Waals surface area contributed by atoms with E-state index in [0.717, 1.165) is 19.3 Å². The number of anilines is 1. The molecule has 0 aliphatic carbocycles. The van der Waals surface area contributed by atoms with Gasteiger partial charge < -0.3 is 0 Å². The highest BCUT2D eigenvalue weighted by molar-refractivity contribution is 7.90. The molecule has 0 atom stereocenters. The maximum Gasteiger partial charge on any atom is 0.301 e. The molecule has 0 unspecified atom stereocenters. The molecule has 4 nitrogen and oxygen atoms in total. The van der Waals surface area contributed by atoms with Crippen LogP contribution in [0.4, 0.5) is 5.69 Å². The number of hydrogen-bond donors (Lipinski definition) is 1. The van der Waals surface area contributed by atoms with E-state index in [-0.39, 0.29) is 0 Å². The fourth-order valence-electron chi connectivity index (χ4n) is 1.88. The normalized spacial score (nSPS) is 17.7. The van der Waals surface area contributed by atoms with Gasteiger partial charge in [-0.2, -0.15) is 12.7 Å². The minimum absolute atomic E-state index is 0.295. The minimum atomic E-state index is -3.52. The first kappa shape index (κ1) is 13.9. The van der Waals surface area contributed by atoms with Crippen molar-refractivity contribution in [3.8, 4) is 0 Å². The molecule has 0 aromatic heterocycles. The fourth-order valence-corrected chi connectivity index (χ4v) is 3.72. The van der Waals surface area contributed by atoms with Crippen molar-refractivity contribution in [3.05, 3.63) is 28.2 Å². The lowest BCUT2D eigenvalue weighted by atomic mass is 10.2. The fraction of sp³-hybridized carbons (Fsp3) is 0.455. The van der Waals surface area contributed by atoms with Crippen LogP contribution in [0.1, 0.15) is 19.3 Å². The molecule has 1 N–H and O–H groups in total. The van der Waals surface area contributed by atoms with Crippen molar-refractivity contribution >= 4 is 39.1 Å². The van der Waals surface area contributed by atoms with E-state index >= 15 is 0 Å². The lowest BCUT2D eigenvalue weighted by Gasteiger charge is -2.26. The molecule has 100 valence electrons. The Morgan fingerprint density at radius 2 is 1.78 bits per heavy atom. The summed E-state index contributed by atoms with van der Waals surface area (Å²) in [6.07, 6.45) is 2.87. The minimum Gasteiger partial charge on any atom is -0.269 e. The lowest BCUT2D eigenvalue weighted by molar-refractivity contribution is 0.349. The van der Waals surface area contributed by atoms with Gasteiger partial charge in [-0.1, -0.05) is 29.6 Å². The number of rotatable bonds is 3. The van der Waals surface area contributed by atoms with Gasteiger partial charge in [0.2, 0.25) is 0 Å². The maximum atomic E-state index is 12.1. The molecule has 1 heterocycles. The first-order chi connectivity index (χ1) is 8.49. The second-order valence-corrected chi connectivity index (χ2v) is 6.71. The quantitative estimate of drug-likeness (QED) is 0.932. The van der Waals surface area contributed by atoms with Gasteiger partial charge in [-0.25, -0.2) is 0 Å². The molecule has 1 fully saturated rings. The Morgan fingerprint density at radius 1 is 1.11 bits per heavy atom. The molecule has 1 aliphatic heterocycles. The summed E-state index contributed by atoms with van der Waals surface area (Å²) in [7, 11) is -3.52. The summed E-state index contributed by atoms with van der Waals surface area (Å²) in [6.45, 7) is 1.11. The van der Waals surface area contributed by atoms with Gasteiger partial charge in [0, 0.05) is 18.1 Å². The zero-order valence-corrected chi connectivity index (χ0v) is 12.0. The van der Waals surface area contributed by atoms with E-state index in [9.17, 15) is 8.42 Å². The van der Waals surface area contributed by atoms with Gasteiger partial charge in [0.1, 0.15) is 0 Å². The van der Waals surface area contributed by atoms with Gasteiger partial charge in [0.25, 0.3) is 0 Å². The van der Waals surface area contributed by atoms with Crippen LogP contribution in [0.25, 0.3) is 0 Å². The molecule has 0 bridgehead atoms. The zero-order valence-electron chi connectivity index (χ0n) is 9.70. The summed E-state index contributed by atoms with van der Waals surface area (Å²) in [5, 5.41) is 0.768. The van der Waals surface area contributed by atoms with Gasteiger partial charge >= 0.3 is 10.2 Å². The molecule has 0 radical (unpaired) electrons. The Balaban J connectivity index is 2.16. The Kier molecular flexibility index (Phi) is 4.37. The lowest BCUT2D eigenvalue weighted by Crippen LogP contribution is -2.39. The summed E-state index contributed by atoms with van der Waals surface area (Å²) in [4.78, 5) is 0. The molecule has 1 aliphatic rings. The van der Waals surface area contributed by atoms with Crippen LogP contribution in [-0.2, 0) is 10.2 Å². The van der Waals surface area contributed by atoms with Crippen molar-refractivity contribution in [1.82, 2.24) is 4.31 Å². The molecule has 0 saturated carbocycles. The number of nitrogens with zero attached hydrogens (tertiary/aromatic N) is 1. The van der Waals surface area contributed by atoms with Crippen LogP contribution in [-0.4, -0.2) is 25.8 Å². The summed E-state index contributed by atoms with van der Waals surface area (Å²) in [5.41, 5.74) is 0.353. The third-order valence-electron chi connectivity index (χ3n) is 2.83. The number of nitrogens with one attached hydrogen (secondary N) is 1. The van der Waals surface area contributed by atoms with Crippen LogP contribution in [0.15, 0.2) is 18.2 Å². The average molecular weight is 309 g/mol. The monoisotopic (exact) mass is 308 g/mol. The molecule has 1 saturated heterocycles. The molecule has 1 aromatic carbocycles. The first-order valence-electron chi connectivity index (χ1n) is 5.72. The highest BCUT2D eigenvalue weighted by Crippen LogP contribution is 2.27. The molecular formula is C11H14Cl2N2O2S. The molecule has 7 heteroatoms. The van der Waals surface area contributed by atoms with Gasteiger partial charge in [-0.05, 0) is 31.0 Å². The van der Waals surface area contributed by atoms with Crippen LogP contribution in [0.2, 0.25) is 10.0 Å². The SMILES string of the molecule is O=S(=O)(Nc1ccc(Cl)cc1Cl)N1CCCCC1. The van der Waals surface area contributed by atoms with Crippen molar-refractivity contribution in [3.63, 3.8) is 0 Å². The number of benzene rings is 1. The van der Waals surface area contributed by atoms with E-state index in [1.165, 1.54) is 10.4 Å². The standard InChI is InChI=1S/C11H14Cl2N2O2S/c12-9-4-5-11(10(13)8-9)14-18(16,17)15-6-2-1-3-7-15/h4-5,8,14H,1-3,6-7H2. The van der Waals surface area contributed by atoms with E-state index < -0.39 is 10.2 Å². The summed E-state index contributed by atoms with van der Waals surface area (Å²) in [5.74, 6) is 0. The molecular weight excluding hydrogens is 295 g/mol. The van der Waals surface area contributed by atoms with Crippen molar-refractivity contribution in [2.45, 2.75) is 19.3 Å². The van der Waals surface area contributed by atoms with Crippen LogP contribution >= 0.6 is 23.2 Å². The van der Waals surface area contributed by atoms with E-state index in [1.807, 2.05) is 0 Å². The topological polar surface area (TPSA) is 49.4 Å². The van der Waals surface area contributed by atoms with Gasteiger partial charge in [-0.3, -0.25) is 4.72 Å². The number of halogens is 2. The highest BCUT2D eigenvalue weighted by Gasteiger charge is 2.24. The van der Waals surface area contributed by atoms with Gasteiger partial charge in [0.15, 0.2) is 0 Å². The van der Waals surface area contributed by atoms with E-state index in [4.69, 9.17) is 23.2 Å². The van der Waals surface area contributed by atoms with Crippen LogP contribution in [0, 0.1) is 0 Å². The van der Waals surface area contributed by atoms with Crippen molar-refractivity contribution < 1.29 is 8.42 Å². The smallest absolute Gasteiger partial charge is 0.269 e. The molecule has 1 aromatic rings. The summed E-state index contributed by atoms with van der Waals surface area (Å²) < 4.78 is 28.2. The van der Waals surface area contributed by atoms with E-state index in [1.54, 1.807) is 12.1 Å². The van der Waals surface area contributed by atoms with Crippen molar-refractivity contribution in [2.75, 3.05) is 17.8 Å². The van der Waals surface area contributed by atoms with Crippen molar-refractivity contribution in [1.29, 1.82) is 0 Å². The summed E-state index contributed by atoms with van der Waals surface area (Å²) in [6, 6.07) is 4.67. The van der Waals surface area contributed by atoms with E-state index in [0.29, 0.717) is 28.8 Å². The highest BCUT2D eigenvalue weighted by atomic mass is 35.5. The third-order valence-corrected chi connectivity index (χ3v) is 4.90. The second kappa shape index (κ2) is 5.65. The number of piperidine rings is 1. The molecule has 2 rings (SSSR count). The van der Waals surface area contributed by atoms with Crippen LogP contribution in [0.3, 0.4) is 0 Å². The van der Waals surface area contributed by atoms with E-state index in [2.05, 4.69) is 4.72 Å². The Bertz CT molecular complexity index is 528. The van der Waals surface area contributed by atoms with Gasteiger partial charge in [0.05, 0.1) is 10.7 Å². The largest absolute Gasteiger partial charge is 0.301 e. The maximum absolute atomic E-state index is 12.1. The third kappa shape index (κ3) is 3.29. The molecule has 0 spiro atoms. The Morgan fingerprint density at radius 3 is 2.39 bits per heavy atom. The Labute approximate surface area is 117 Å². The van der Waals surface area contributed by atoms with Crippen molar-refractivity contribution in [2.24, 2.45) is 0 Å². The number of hydrogen-bond acceptors (Lipinski definition) is 2. The Hall–Kier alpha value is -0.490. The second-order valence-electron chi connectivity index (χ2n) is 4.19. The average Bonchev–Trinajstić information content (AvgIpc) is 2.34. The van der Waals surface area contributed by atoms with Crippen LogP contribution < -0.4 is 4.72 Å². The summed E-state index contributed by atoms with van der Waals surface area (Å²) >= 11 is 11.7. The molecule has 18 heavy (non-hydrogen) atoms. The zero-order chi connectivity index (χ0) is 13.2.